The number of para-hydroxylation sites is 1. The van der Waals surface area contributed by atoms with E-state index in [4.69, 9.17) is 9.72 Å². The van der Waals surface area contributed by atoms with E-state index in [0.29, 0.717) is 35.6 Å². The van der Waals surface area contributed by atoms with Gasteiger partial charge in [-0.3, -0.25) is 9.78 Å². The molecule has 0 saturated carbocycles. The van der Waals surface area contributed by atoms with Crippen LogP contribution >= 0.6 is 11.3 Å². The highest BCUT2D eigenvalue weighted by Crippen LogP contribution is 2.27. The number of carbonyl (C=O) groups excluding carboxylic acids is 1. The quantitative estimate of drug-likeness (QED) is 0.168. The highest BCUT2D eigenvalue weighted by Gasteiger charge is 2.21. The van der Waals surface area contributed by atoms with Gasteiger partial charge in [-0.1, -0.05) is 54.6 Å². The van der Waals surface area contributed by atoms with E-state index in [1.165, 1.54) is 0 Å². The first-order valence-corrected chi connectivity index (χ1v) is 14.1. The number of pyridine rings is 1. The lowest BCUT2D eigenvalue weighted by atomic mass is 10.00. The minimum atomic E-state index is -1.00. The minimum absolute atomic E-state index is 0.166. The Morgan fingerprint density at radius 2 is 1.63 bits per heavy atom. The number of nitrogens with zero attached hydrogens (tertiary/aromatic N) is 2. The predicted octanol–water partition coefficient (Wildman–Crippen LogP) is 6.47. The van der Waals surface area contributed by atoms with Crippen LogP contribution in [0.3, 0.4) is 0 Å². The Labute approximate surface area is 242 Å². The minimum Gasteiger partial charge on any atom is -0.493 e. The van der Waals surface area contributed by atoms with Gasteiger partial charge in [0.15, 0.2) is 5.78 Å². The zero-order valence-corrected chi connectivity index (χ0v) is 23.3. The van der Waals surface area contributed by atoms with Gasteiger partial charge >= 0.3 is 5.97 Å². The number of nitrogens with one attached hydrogen (secondary N) is 1. The molecule has 0 saturated heterocycles. The monoisotopic (exact) mass is 563 g/mol. The van der Waals surface area contributed by atoms with E-state index in [1.54, 1.807) is 72.3 Å². The molecular formula is C33H29N3O4S. The smallest absolute Gasteiger partial charge is 0.326 e. The topological polar surface area (TPSA) is 101 Å². The molecule has 0 aliphatic carbocycles. The van der Waals surface area contributed by atoms with Gasteiger partial charge in [0, 0.05) is 52.5 Å². The van der Waals surface area contributed by atoms with Gasteiger partial charge in [0.1, 0.15) is 16.8 Å². The number of benzene rings is 3. The van der Waals surface area contributed by atoms with Gasteiger partial charge in [-0.2, -0.15) is 0 Å². The Morgan fingerprint density at radius 3 is 2.37 bits per heavy atom. The molecule has 0 radical (unpaired) electrons. The molecule has 0 fully saturated rings. The number of thiazole rings is 1. The van der Waals surface area contributed by atoms with E-state index in [-0.39, 0.29) is 12.2 Å². The highest BCUT2D eigenvalue weighted by molar-refractivity contribution is 7.15. The van der Waals surface area contributed by atoms with Gasteiger partial charge in [-0.25, -0.2) is 9.78 Å². The molecule has 5 rings (SSSR count). The van der Waals surface area contributed by atoms with Gasteiger partial charge < -0.3 is 15.2 Å². The number of aromatic nitrogens is 2. The van der Waals surface area contributed by atoms with Crippen molar-refractivity contribution in [3.63, 3.8) is 0 Å². The Bertz CT molecular complexity index is 1620. The summed E-state index contributed by atoms with van der Waals surface area (Å²) in [7, 11) is 0. The number of hydrogen-bond donors (Lipinski definition) is 2. The lowest BCUT2D eigenvalue weighted by Crippen LogP contribution is -2.32. The van der Waals surface area contributed by atoms with Crippen LogP contribution < -0.4 is 10.1 Å². The van der Waals surface area contributed by atoms with Gasteiger partial charge in [0.2, 0.25) is 0 Å². The zero-order valence-electron chi connectivity index (χ0n) is 22.5. The molecule has 3 aromatic carbocycles. The molecule has 0 spiro atoms. The van der Waals surface area contributed by atoms with E-state index >= 15 is 0 Å². The summed E-state index contributed by atoms with van der Waals surface area (Å²) in [4.78, 5) is 35.2. The molecule has 41 heavy (non-hydrogen) atoms. The lowest BCUT2D eigenvalue weighted by Gasteiger charge is -2.18. The molecule has 0 bridgehead atoms. The first-order valence-electron chi connectivity index (χ1n) is 13.2. The fourth-order valence-electron chi connectivity index (χ4n) is 4.44. The van der Waals surface area contributed by atoms with Crippen LogP contribution in [0.15, 0.2) is 103 Å². The number of aryl methyl sites for hydroxylation is 1. The Morgan fingerprint density at radius 1 is 0.927 bits per heavy atom. The maximum absolute atomic E-state index is 13.1. The summed E-state index contributed by atoms with van der Waals surface area (Å²) in [6, 6.07) is 26.3. The molecule has 2 N–H and O–H groups in total. The van der Waals surface area contributed by atoms with Crippen LogP contribution in [-0.2, 0) is 17.6 Å². The summed E-state index contributed by atoms with van der Waals surface area (Å²) in [6.45, 7) is 2.54. The standard InChI is InChI=1S/C33H29N3O4S/c1-22-28(36-32(41-22)25-15-18-34-19-16-25)17-20-40-26-13-11-23(12-14-26)21-30(33(38)39)35-29-10-6-5-9-27(29)31(37)24-7-3-2-4-8-24/h2-16,18-19,30,35H,17,20-21H2,1H3,(H,38,39). The number of ether oxygens (including phenoxy) is 1. The lowest BCUT2D eigenvalue weighted by molar-refractivity contribution is -0.137. The average molecular weight is 564 g/mol. The van der Waals surface area contributed by atoms with Gasteiger partial charge in [-0.15, -0.1) is 11.3 Å². The molecule has 8 heteroatoms. The number of hydrogen-bond acceptors (Lipinski definition) is 7. The highest BCUT2D eigenvalue weighted by atomic mass is 32.1. The summed E-state index contributed by atoms with van der Waals surface area (Å²) < 4.78 is 5.95. The van der Waals surface area contributed by atoms with Crippen molar-refractivity contribution in [2.75, 3.05) is 11.9 Å². The molecule has 0 amide bonds. The summed E-state index contributed by atoms with van der Waals surface area (Å²) >= 11 is 1.66. The number of rotatable bonds is 12. The molecule has 0 aliphatic rings. The third-order valence-corrected chi connectivity index (χ3v) is 7.69. The summed E-state index contributed by atoms with van der Waals surface area (Å²) in [5, 5.41) is 14.0. The maximum Gasteiger partial charge on any atom is 0.326 e. The van der Waals surface area contributed by atoms with Crippen LogP contribution in [0.1, 0.15) is 32.1 Å². The summed E-state index contributed by atoms with van der Waals surface area (Å²) in [5.74, 6) is -0.465. The molecule has 7 nitrogen and oxygen atoms in total. The summed E-state index contributed by atoms with van der Waals surface area (Å²) in [5.41, 5.74) is 4.36. The van der Waals surface area contributed by atoms with Crippen molar-refractivity contribution < 1.29 is 19.4 Å². The number of carboxylic acid groups (broad SMARTS) is 1. The molecular weight excluding hydrogens is 534 g/mol. The Kier molecular flexibility index (Phi) is 8.81. The van der Waals surface area contributed by atoms with E-state index in [1.807, 2.05) is 42.5 Å². The number of ketones is 1. The fraction of sp³-hybridized carbons (Fsp3) is 0.152. The van der Waals surface area contributed by atoms with E-state index < -0.39 is 12.0 Å². The van der Waals surface area contributed by atoms with Gasteiger partial charge in [0.25, 0.3) is 0 Å². The van der Waals surface area contributed by atoms with Crippen LogP contribution in [0.2, 0.25) is 0 Å². The van der Waals surface area contributed by atoms with Crippen molar-refractivity contribution in [1.29, 1.82) is 0 Å². The van der Waals surface area contributed by atoms with Crippen molar-refractivity contribution in [3.8, 4) is 16.3 Å². The van der Waals surface area contributed by atoms with Crippen molar-refractivity contribution in [2.24, 2.45) is 0 Å². The van der Waals surface area contributed by atoms with Crippen LogP contribution in [0.4, 0.5) is 5.69 Å². The van der Waals surface area contributed by atoms with Crippen molar-refractivity contribution >= 4 is 28.8 Å². The second kappa shape index (κ2) is 13.0. The Balaban J connectivity index is 1.19. The second-order valence-corrected chi connectivity index (χ2v) is 10.7. The van der Waals surface area contributed by atoms with Crippen LogP contribution in [0.25, 0.3) is 10.6 Å². The maximum atomic E-state index is 13.1. The molecule has 2 aromatic heterocycles. The summed E-state index contributed by atoms with van der Waals surface area (Å²) in [6.07, 6.45) is 4.44. The van der Waals surface area contributed by atoms with E-state index in [2.05, 4.69) is 17.2 Å². The number of carbonyl (C=O) groups is 2. The van der Waals surface area contributed by atoms with Crippen molar-refractivity contribution in [1.82, 2.24) is 9.97 Å². The SMILES string of the molecule is Cc1sc(-c2ccncc2)nc1CCOc1ccc(CC(Nc2ccccc2C(=O)c2ccccc2)C(=O)O)cc1. The van der Waals surface area contributed by atoms with E-state index in [9.17, 15) is 14.7 Å². The fourth-order valence-corrected chi connectivity index (χ4v) is 5.41. The van der Waals surface area contributed by atoms with Gasteiger partial charge in [-0.05, 0) is 48.9 Å². The van der Waals surface area contributed by atoms with Crippen molar-refractivity contribution in [2.45, 2.75) is 25.8 Å². The molecule has 1 unspecified atom stereocenters. The largest absolute Gasteiger partial charge is 0.493 e. The van der Waals surface area contributed by atoms with Crippen LogP contribution in [-0.4, -0.2) is 39.5 Å². The Hall–Kier alpha value is -4.82. The molecule has 5 aromatic rings. The molecule has 2 heterocycles. The second-order valence-electron chi connectivity index (χ2n) is 9.48. The third kappa shape index (κ3) is 7.04. The zero-order chi connectivity index (χ0) is 28.6. The van der Waals surface area contributed by atoms with Crippen molar-refractivity contribution in [3.05, 3.63) is 131 Å². The number of carboxylic acids is 1. The van der Waals surface area contributed by atoms with Crippen LogP contribution in [0.5, 0.6) is 5.75 Å². The average Bonchev–Trinajstić information content (AvgIpc) is 3.38. The third-order valence-electron chi connectivity index (χ3n) is 6.63. The first-order chi connectivity index (χ1) is 20.0. The molecule has 1 atom stereocenters. The molecule has 206 valence electrons. The van der Waals surface area contributed by atoms with E-state index in [0.717, 1.165) is 26.7 Å². The van der Waals surface area contributed by atoms with Crippen LogP contribution in [0, 0.1) is 6.92 Å². The normalized spacial score (nSPS) is 11.5. The number of aliphatic carboxylic acids is 1. The predicted molar refractivity (Wildman–Crippen MR) is 161 cm³/mol. The van der Waals surface area contributed by atoms with Gasteiger partial charge in [0.05, 0.1) is 12.3 Å². The number of anilines is 1. The molecule has 0 aliphatic heterocycles. The first kappa shape index (κ1) is 27.7.